The normalized spacial score (nSPS) is 49.5. The van der Waals surface area contributed by atoms with Crippen molar-refractivity contribution in [3.05, 3.63) is 12.2 Å². The minimum atomic E-state index is 0.00294. The number of carbonyl (C=O) groups is 2. The van der Waals surface area contributed by atoms with Crippen LogP contribution in [-0.4, -0.2) is 22.8 Å². The number of rotatable bonds is 1. The molecule has 1 heterocycles. The fourth-order valence-corrected chi connectivity index (χ4v) is 5.68. The minimum absolute atomic E-state index is 0.00294. The van der Waals surface area contributed by atoms with E-state index in [-0.39, 0.29) is 29.7 Å². The molecule has 2 amide bonds. The van der Waals surface area contributed by atoms with Gasteiger partial charge in [0.25, 0.3) is 0 Å². The molecule has 106 valence electrons. The maximum atomic E-state index is 12.9. The molecule has 3 heteroatoms. The Bertz CT molecular complexity index is 483. The van der Waals surface area contributed by atoms with Crippen LogP contribution in [0.15, 0.2) is 12.2 Å². The maximum Gasteiger partial charge on any atom is 0.233 e. The van der Waals surface area contributed by atoms with Gasteiger partial charge >= 0.3 is 0 Å². The van der Waals surface area contributed by atoms with Gasteiger partial charge in [0.2, 0.25) is 11.8 Å². The number of likely N-dealkylation sites (tertiary alicyclic amines) is 1. The average Bonchev–Trinajstić information content (AvgIpc) is 3.25. The van der Waals surface area contributed by atoms with Gasteiger partial charge in [0.1, 0.15) is 0 Å². The summed E-state index contributed by atoms with van der Waals surface area (Å²) in [6.45, 7) is 0. The number of amides is 2. The van der Waals surface area contributed by atoms with E-state index in [0.717, 1.165) is 12.8 Å². The molecule has 5 aliphatic carbocycles. The Balaban J connectivity index is 1.50. The third-order valence-corrected chi connectivity index (χ3v) is 6.64. The summed E-state index contributed by atoms with van der Waals surface area (Å²) in [7, 11) is 0. The van der Waals surface area contributed by atoms with Crippen molar-refractivity contribution >= 4 is 11.8 Å². The summed E-state index contributed by atoms with van der Waals surface area (Å²) >= 11 is 0. The van der Waals surface area contributed by atoms with Crippen molar-refractivity contribution in [3.63, 3.8) is 0 Å². The van der Waals surface area contributed by atoms with Gasteiger partial charge in [-0.2, -0.15) is 0 Å². The van der Waals surface area contributed by atoms with Crippen molar-refractivity contribution in [1.82, 2.24) is 4.90 Å². The zero-order valence-corrected chi connectivity index (χ0v) is 11.7. The molecule has 3 saturated carbocycles. The standard InChI is InChI=1S/C17H21NO2/c19-16-14-10-6-7-11(13-8-12(10)13)15(14)17(20)18(16)9-4-2-1-3-5-9/h6-7,9-15H,1-5,8H2/t10-,11+,12-,13-,14-,15+/m1/s1. The molecular weight excluding hydrogens is 250 g/mol. The van der Waals surface area contributed by atoms with Crippen LogP contribution in [0.1, 0.15) is 38.5 Å². The monoisotopic (exact) mass is 271 g/mol. The minimum Gasteiger partial charge on any atom is -0.279 e. The number of hydrogen-bond donors (Lipinski definition) is 0. The van der Waals surface area contributed by atoms with Gasteiger partial charge < -0.3 is 0 Å². The largest absolute Gasteiger partial charge is 0.279 e. The zero-order chi connectivity index (χ0) is 13.4. The lowest BCUT2D eigenvalue weighted by molar-refractivity contribution is -0.143. The molecular formula is C17H21NO2. The molecule has 0 radical (unpaired) electrons. The predicted octanol–water partition coefficient (Wildman–Crippen LogP) is 2.37. The first-order chi connectivity index (χ1) is 9.77. The van der Waals surface area contributed by atoms with Crippen LogP contribution in [0.2, 0.25) is 0 Å². The van der Waals surface area contributed by atoms with Crippen molar-refractivity contribution in [2.24, 2.45) is 35.5 Å². The van der Waals surface area contributed by atoms with Gasteiger partial charge in [-0.05, 0) is 42.9 Å². The molecule has 20 heavy (non-hydrogen) atoms. The van der Waals surface area contributed by atoms with Crippen molar-refractivity contribution in [2.75, 3.05) is 0 Å². The van der Waals surface area contributed by atoms with Gasteiger partial charge in [-0.3, -0.25) is 14.5 Å². The highest BCUT2D eigenvalue weighted by atomic mass is 16.2. The van der Waals surface area contributed by atoms with Gasteiger partial charge in [0.15, 0.2) is 0 Å². The lowest BCUT2D eigenvalue weighted by Gasteiger charge is -2.37. The van der Waals surface area contributed by atoms with Crippen LogP contribution >= 0.6 is 0 Å². The van der Waals surface area contributed by atoms with Crippen molar-refractivity contribution < 1.29 is 9.59 Å². The van der Waals surface area contributed by atoms with Crippen LogP contribution < -0.4 is 0 Å². The smallest absolute Gasteiger partial charge is 0.233 e. The summed E-state index contributed by atoms with van der Waals surface area (Å²) in [5.41, 5.74) is 0. The summed E-state index contributed by atoms with van der Waals surface area (Å²) in [5.74, 6) is 2.54. The van der Waals surface area contributed by atoms with E-state index in [9.17, 15) is 9.59 Å². The quantitative estimate of drug-likeness (QED) is 0.542. The Labute approximate surface area is 119 Å². The van der Waals surface area contributed by atoms with Crippen LogP contribution in [0.5, 0.6) is 0 Å². The Morgan fingerprint density at radius 2 is 1.40 bits per heavy atom. The summed E-state index contributed by atoms with van der Waals surface area (Å²) < 4.78 is 0. The van der Waals surface area contributed by atoms with Gasteiger partial charge in [-0.1, -0.05) is 31.4 Å². The first kappa shape index (κ1) is 11.5. The lowest BCUT2D eigenvalue weighted by Crippen LogP contribution is -2.42. The molecule has 0 aromatic rings. The maximum absolute atomic E-state index is 12.9. The molecule has 0 aromatic heterocycles. The fourth-order valence-electron chi connectivity index (χ4n) is 5.68. The van der Waals surface area contributed by atoms with E-state index in [4.69, 9.17) is 0 Å². The number of hydrogen-bond acceptors (Lipinski definition) is 2. The summed E-state index contributed by atoms with van der Waals surface area (Å²) in [5, 5.41) is 0. The van der Waals surface area contributed by atoms with Gasteiger partial charge in [-0.15, -0.1) is 0 Å². The number of nitrogens with zero attached hydrogens (tertiary/aromatic N) is 1. The molecule has 0 aromatic carbocycles. The SMILES string of the molecule is O=C1[C@@H]2[C@@H]3C=C[C@@H]([C@H]4C[C@H]34)[C@@H]2C(=O)N1C1CCCCC1. The van der Waals surface area contributed by atoms with Crippen molar-refractivity contribution in [2.45, 2.75) is 44.6 Å². The molecule has 0 N–H and O–H groups in total. The van der Waals surface area contributed by atoms with E-state index in [2.05, 4.69) is 12.2 Å². The molecule has 6 atom stereocenters. The van der Waals surface area contributed by atoms with Crippen molar-refractivity contribution in [3.8, 4) is 0 Å². The van der Waals surface area contributed by atoms with Crippen LogP contribution in [0.25, 0.3) is 0 Å². The Morgan fingerprint density at radius 1 is 0.850 bits per heavy atom. The second kappa shape index (κ2) is 3.75. The highest BCUT2D eigenvalue weighted by Crippen LogP contribution is 2.65. The van der Waals surface area contributed by atoms with Crippen molar-refractivity contribution in [1.29, 1.82) is 0 Å². The third kappa shape index (κ3) is 1.27. The highest BCUT2D eigenvalue weighted by Gasteiger charge is 2.67. The van der Waals surface area contributed by atoms with E-state index < -0.39 is 0 Å². The van der Waals surface area contributed by atoms with E-state index in [0.29, 0.717) is 23.7 Å². The fraction of sp³-hybridized carbons (Fsp3) is 0.765. The van der Waals surface area contributed by atoms with Gasteiger partial charge in [-0.25, -0.2) is 0 Å². The number of carbonyl (C=O) groups excluding carboxylic acids is 2. The van der Waals surface area contributed by atoms with Gasteiger partial charge in [0, 0.05) is 6.04 Å². The molecule has 4 fully saturated rings. The zero-order valence-electron chi connectivity index (χ0n) is 11.7. The van der Waals surface area contributed by atoms with Gasteiger partial charge in [0.05, 0.1) is 11.8 Å². The van der Waals surface area contributed by atoms with E-state index in [1.54, 1.807) is 4.90 Å². The second-order valence-electron chi connectivity index (χ2n) is 7.49. The Morgan fingerprint density at radius 3 is 1.95 bits per heavy atom. The first-order valence-corrected chi connectivity index (χ1v) is 8.32. The van der Waals surface area contributed by atoms with E-state index in [1.807, 2.05) is 0 Å². The van der Waals surface area contributed by atoms with Crippen LogP contribution in [0.3, 0.4) is 0 Å². The molecule has 6 aliphatic rings. The number of allylic oxidation sites excluding steroid dienone is 2. The number of imide groups is 1. The predicted molar refractivity (Wildman–Crippen MR) is 73.4 cm³/mol. The molecule has 0 unspecified atom stereocenters. The Hall–Kier alpha value is -1.12. The highest BCUT2D eigenvalue weighted by molar-refractivity contribution is 6.06. The molecule has 2 bridgehead atoms. The van der Waals surface area contributed by atoms with E-state index >= 15 is 0 Å². The Kier molecular flexibility index (Phi) is 2.16. The van der Waals surface area contributed by atoms with Crippen LogP contribution in [0, 0.1) is 35.5 Å². The van der Waals surface area contributed by atoms with E-state index in [1.165, 1.54) is 25.7 Å². The summed E-state index contributed by atoms with van der Waals surface area (Å²) in [4.78, 5) is 27.5. The lowest BCUT2D eigenvalue weighted by atomic mass is 9.63. The topological polar surface area (TPSA) is 37.4 Å². The van der Waals surface area contributed by atoms with Crippen LogP contribution in [-0.2, 0) is 9.59 Å². The summed E-state index contributed by atoms with van der Waals surface area (Å²) in [6.07, 6.45) is 11.4. The molecule has 3 nitrogen and oxygen atoms in total. The molecule has 1 saturated heterocycles. The first-order valence-electron chi connectivity index (χ1n) is 8.32. The molecule has 0 spiro atoms. The third-order valence-electron chi connectivity index (χ3n) is 6.64. The van der Waals surface area contributed by atoms with Crippen LogP contribution in [0.4, 0.5) is 0 Å². The molecule has 6 rings (SSSR count). The average molecular weight is 271 g/mol. The summed E-state index contributed by atoms with van der Waals surface area (Å²) in [6, 6.07) is 0.213. The molecule has 1 aliphatic heterocycles. The second-order valence-corrected chi connectivity index (χ2v) is 7.49.